The molecule has 0 fully saturated rings. The molecule has 0 unspecified atom stereocenters. The molecule has 2 aromatic rings. The normalized spacial score (nSPS) is 13.8. The molecule has 128 valence electrons. The van der Waals surface area contributed by atoms with Gasteiger partial charge in [-0.2, -0.15) is 5.10 Å². The predicted molar refractivity (Wildman–Crippen MR) is 107 cm³/mol. The van der Waals surface area contributed by atoms with Gasteiger partial charge in [-0.05, 0) is 60.0 Å². The zero-order chi connectivity index (χ0) is 17.6. The zero-order valence-electron chi connectivity index (χ0n) is 15.1. The third-order valence-electron chi connectivity index (χ3n) is 4.54. The van der Waals surface area contributed by atoms with Crippen LogP contribution in [0.2, 0.25) is 18.1 Å². The highest BCUT2D eigenvalue weighted by molar-refractivity contribution is 9.10. The van der Waals surface area contributed by atoms with E-state index in [4.69, 9.17) is 4.43 Å². The molecular weight excluding hydrogens is 388 g/mol. The van der Waals surface area contributed by atoms with Gasteiger partial charge in [0.25, 0.3) is 0 Å². The number of halogens is 1. The van der Waals surface area contributed by atoms with E-state index in [2.05, 4.69) is 81.4 Å². The maximum absolute atomic E-state index is 6.62. The molecule has 0 aliphatic heterocycles. The minimum Gasteiger partial charge on any atom is -0.410 e. The lowest BCUT2D eigenvalue weighted by molar-refractivity contribution is 0.0705. The van der Waals surface area contributed by atoms with Gasteiger partial charge in [0, 0.05) is 14.8 Å². The van der Waals surface area contributed by atoms with Gasteiger partial charge in [-0.1, -0.05) is 20.8 Å². The van der Waals surface area contributed by atoms with Gasteiger partial charge in [0.1, 0.15) is 0 Å². The van der Waals surface area contributed by atoms with Crippen LogP contribution in [0.1, 0.15) is 34.6 Å². The van der Waals surface area contributed by atoms with Crippen molar-refractivity contribution in [1.82, 2.24) is 9.78 Å². The predicted octanol–water partition coefficient (Wildman–Crippen LogP) is 5.89. The van der Waals surface area contributed by atoms with Crippen LogP contribution in [0.4, 0.5) is 0 Å². The van der Waals surface area contributed by atoms with E-state index in [1.54, 1.807) is 0 Å². The van der Waals surface area contributed by atoms with Gasteiger partial charge in [0.05, 0.1) is 23.9 Å². The SMILES string of the molecule is CC(C)(Cn1ncc2cc(S)cc(Br)c21)O[Si](C)(C)C(C)(C)C. The number of rotatable bonds is 4. The average molecular weight is 415 g/mol. The summed E-state index contributed by atoms with van der Waals surface area (Å²) in [7, 11) is -1.83. The standard InChI is InChI=1S/C17H27BrN2OSSi/c1-16(2,3)23(6,7)21-17(4,5)11-20-15-12(10-19-20)8-13(22)9-14(15)18/h8-10,22H,11H2,1-7H3. The molecule has 0 bridgehead atoms. The molecule has 1 aromatic heterocycles. The molecule has 0 amide bonds. The van der Waals surface area contributed by atoms with Crippen LogP contribution < -0.4 is 0 Å². The van der Waals surface area contributed by atoms with Crippen molar-refractivity contribution in [3.05, 3.63) is 22.8 Å². The van der Waals surface area contributed by atoms with Gasteiger partial charge < -0.3 is 4.43 Å². The summed E-state index contributed by atoms with van der Waals surface area (Å²) in [4.78, 5) is 0.931. The fourth-order valence-corrected chi connectivity index (χ4v) is 5.40. The van der Waals surface area contributed by atoms with Crippen LogP contribution in [0, 0.1) is 0 Å². The number of hydrogen-bond acceptors (Lipinski definition) is 3. The first-order chi connectivity index (χ1) is 10.3. The fourth-order valence-electron chi connectivity index (χ4n) is 2.52. The van der Waals surface area contributed by atoms with E-state index in [0.29, 0.717) is 6.54 Å². The van der Waals surface area contributed by atoms with Crippen molar-refractivity contribution in [1.29, 1.82) is 0 Å². The van der Waals surface area contributed by atoms with E-state index in [1.165, 1.54) is 0 Å². The molecular formula is C17H27BrN2OSSi. The number of benzene rings is 1. The first-order valence-corrected chi connectivity index (χ1v) is 12.0. The fraction of sp³-hybridized carbons (Fsp3) is 0.588. The van der Waals surface area contributed by atoms with Crippen molar-refractivity contribution in [2.45, 2.75) is 69.8 Å². The average Bonchev–Trinajstić information content (AvgIpc) is 2.68. The van der Waals surface area contributed by atoms with E-state index in [-0.39, 0.29) is 10.6 Å². The van der Waals surface area contributed by atoms with Crippen LogP contribution in [0.25, 0.3) is 10.9 Å². The molecule has 6 heteroatoms. The summed E-state index contributed by atoms with van der Waals surface area (Å²) < 4.78 is 9.67. The lowest BCUT2D eigenvalue weighted by atomic mass is 10.1. The first-order valence-electron chi connectivity index (χ1n) is 7.87. The van der Waals surface area contributed by atoms with Crippen LogP contribution in [-0.2, 0) is 11.0 Å². The third kappa shape index (κ3) is 4.21. The Morgan fingerprint density at radius 3 is 2.39 bits per heavy atom. The van der Waals surface area contributed by atoms with Crippen molar-refractivity contribution < 1.29 is 4.43 Å². The second-order valence-electron chi connectivity index (χ2n) is 8.29. The van der Waals surface area contributed by atoms with Crippen molar-refractivity contribution in [3.63, 3.8) is 0 Å². The largest absolute Gasteiger partial charge is 0.410 e. The molecule has 1 heterocycles. The smallest absolute Gasteiger partial charge is 0.192 e. The number of aromatic nitrogens is 2. The van der Waals surface area contributed by atoms with Gasteiger partial charge >= 0.3 is 0 Å². The van der Waals surface area contributed by atoms with Crippen LogP contribution in [-0.4, -0.2) is 23.7 Å². The highest BCUT2D eigenvalue weighted by atomic mass is 79.9. The van der Waals surface area contributed by atoms with E-state index in [0.717, 1.165) is 20.3 Å². The van der Waals surface area contributed by atoms with Gasteiger partial charge in [-0.15, -0.1) is 12.6 Å². The van der Waals surface area contributed by atoms with Gasteiger partial charge in [0.15, 0.2) is 8.32 Å². The van der Waals surface area contributed by atoms with E-state index in [1.807, 2.05) is 23.0 Å². The van der Waals surface area contributed by atoms with Crippen molar-refractivity contribution in [3.8, 4) is 0 Å². The Hall–Kier alpha value is -0.303. The molecule has 2 rings (SSSR count). The highest BCUT2D eigenvalue weighted by Gasteiger charge is 2.41. The molecule has 1 aromatic carbocycles. The van der Waals surface area contributed by atoms with Crippen LogP contribution in [0.3, 0.4) is 0 Å². The third-order valence-corrected chi connectivity index (χ3v) is 10.1. The van der Waals surface area contributed by atoms with Gasteiger partial charge in [0.2, 0.25) is 0 Å². The number of nitrogens with zero attached hydrogens (tertiary/aromatic N) is 2. The second kappa shape index (κ2) is 6.21. The summed E-state index contributed by atoms with van der Waals surface area (Å²) in [5.41, 5.74) is 0.816. The summed E-state index contributed by atoms with van der Waals surface area (Å²) in [5, 5.41) is 5.85. The van der Waals surface area contributed by atoms with E-state index in [9.17, 15) is 0 Å². The molecule has 0 N–H and O–H groups in total. The van der Waals surface area contributed by atoms with Crippen LogP contribution in [0.15, 0.2) is 27.7 Å². The van der Waals surface area contributed by atoms with Crippen LogP contribution >= 0.6 is 28.6 Å². The molecule has 23 heavy (non-hydrogen) atoms. The summed E-state index contributed by atoms with van der Waals surface area (Å²) in [6.07, 6.45) is 1.89. The van der Waals surface area contributed by atoms with Gasteiger partial charge in [-0.3, -0.25) is 4.68 Å². The Morgan fingerprint density at radius 2 is 1.83 bits per heavy atom. The Kier molecular flexibility index (Phi) is 5.13. The Labute approximate surface area is 154 Å². The van der Waals surface area contributed by atoms with Gasteiger partial charge in [-0.25, -0.2) is 0 Å². The monoisotopic (exact) mass is 414 g/mol. The Bertz CT molecular complexity index is 719. The van der Waals surface area contributed by atoms with Crippen LogP contribution in [0.5, 0.6) is 0 Å². The van der Waals surface area contributed by atoms with Crippen molar-refractivity contribution in [2.24, 2.45) is 0 Å². The molecule has 0 spiro atoms. The summed E-state index contributed by atoms with van der Waals surface area (Å²) in [5.74, 6) is 0. The molecule has 3 nitrogen and oxygen atoms in total. The summed E-state index contributed by atoms with van der Waals surface area (Å²) in [6.45, 7) is 16.4. The maximum atomic E-state index is 6.62. The molecule has 0 saturated heterocycles. The molecule has 0 aliphatic carbocycles. The van der Waals surface area contributed by atoms with E-state index >= 15 is 0 Å². The summed E-state index contributed by atoms with van der Waals surface area (Å²) in [6, 6.07) is 4.04. The molecule has 0 radical (unpaired) electrons. The van der Waals surface area contributed by atoms with Crippen molar-refractivity contribution in [2.75, 3.05) is 0 Å². The molecule has 0 aliphatic rings. The Morgan fingerprint density at radius 1 is 1.22 bits per heavy atom. The van der Waals surface area contributed by atoms with Crippen molar-refractivity contribution >= 4 is 47.8 Å². The van der Waals surface area contributed by atoms with E-state index < -0.39 is 8.32 Å². The highest BCUT2D eigenvalue weighted by Crippen LogP contribution is 2.39. The molecule has 0 atom stereocenters. The number of hydrogen-bond donors (Lipinski definition) is 1. The minimum absolute atomic E-state index is 0.192. The lowest BCUT2D eigenvalue weighted by Crippen LogP contribution is -2.49. The first kappa shape index (κ1) is 19.0. The lowest BCUT2D eigenvalue weighted by Gasteiger charge is -2.42. The summed E-state index contributed by atoms with van der Waals surface area (Å²) >= 11 is 8.06. The number of thiol groups is 1. The maximum Gasteiger partial charge on any atom is 0.192 e. The topological polar surface area (TPSA) is 27.1 Å². The Balaban J connectivity index is 2.31. The minimum atomic E-state index is -1.83. The number of fused-ring (bicyclic) bond motifs is 1. The second-order valence-corrected chi connectivity index (χ2v) is 14.4. The molecule has 0 saturated carbocycles. The zero-order valence-corrected chi connectivity index (χ0v) is 18.5. The quantitative estimate of drug-likeness (QED) is 0.498.